The number of nitrogens with zero attached hydrogens (tertiary/aromatic N) is 1. The van der Waals surface area contributed by atoms with Crippen LogP contribution in [0.4, 0.5) is 11.4 Å². The number of hydrogen-bond donors (Lipinski definition) is 0. The summed E-state index contributed by atoms with van der Waals surface area (Å²) in [5.74, 6) is 1.43. The number of benzene rings is 5. The molecule has 0 N–H and O–H groups in total. The number of rotatable bonds is 5. The van der Waals surface area contributed by atoms with Gasteiger partial charge in [0.05, 0.1) is 16.5 Å². The summed E-state index contributed by atoms with van der Waals surface area (Å²) in [7, 11) is 0. The van der Waals surface area contributed by atoms with E-state index in [0.29, 0.717) is 5.92 Å². The third-order valence-electron chi connectivity index (χ3n) is 11.8. The predicted molar refractivity (Wildman–Crippen MR) is 213 cm³/mol. The molecule has 3 heteroatoms. The Hall–Kier alpha value is -6.06. The molecule has 5 aromatic carbocycles. The summed E-state index contributed by atoms with van der Waals surface area (Å²) in [5, 5.41) is 3.44. The molecular weight excluding hydrogens is 635 g/mol. The van der Waals surface area contributed by atoms with Gasteiger partial charge in [0.2, 0.25) is 0 Å². The van der Waals surface area contributed by atoms with Gasteiger partial charge in [0.25, 0.3) is 0 Å². The van der Waals surface area contributed by atoms with Crippen LogP contribution in [0.1, 0.15) is 65.2 Å². The van der Waals surface area contributed by atoms with Crippen LogP contribution in [-0.2, 0) is 11.8 Å². The lowest BCUT2D eigenvalue weighted by Crippen LogP contribution is -2.29. The van der Waals surface area contributed by atoms with E-state index < -0.39 is 5.41 Å². The molecule has 2 unspecified atom stereocenters. The van der Waals surface area contributed by atoms with Crippen molar-refractivity contribution in [3.63, 3.8) is 0 Å². The van der Waals surface area contributed by atoms with E-state index in [1.54, 1.807) is 0 Å². The topological polar surface area (TPSA) is 29.5 Å². The number of furan rings is 2. The first-order valence-corrected chi connectivity index (χ1v) is 18.6. The van der Waals surface area contributed by atoms with Crippen molar-refractivity contribution in [2.75, 3.05) is 4.90 Å². The summed E-state index contributed by atoms with van der Waals surface area (Å²) < 4.78 is 13.3. The first kappa shape index (κ1) is 29.6. The van der Waals surface area contributed by atoms with Crippen molar-refractivity contribution in [3.8, 4) is 0 Å². The van der Waals surface area contributed by atoms with Gasteiger partial charge in [-0.3, -0.25) is 0 Å². The van der Waals surface area contributed by atoms with Gasteiger partial charge in [-0.25, -0.2) is 0 Å². The van der Waals surface area contributed by atoms with Gasteiger partial charge in [0, 0.05) is 46.1 Å². The molecular formula is C49H37NO2. The molecule has 2 heterocycles. The molecule has 250 valence electrons. The summed E-state index contributed by atoms with van der Waals surface area (Å²) in [6.45, 7) is 0. The molecule has 7 aromatic rings. The maximum atomic E-state index is 6.91. The van der Waals surface area contributed by atoms with Gasteiger partial charge in [-0.1, -0.05) is 115 Å². The molecule has 4 aliphatic carbocycles. The Morgan fingerprint density at radius 2 is 1.46 bits per heavy atom. The average molecular weight is 672 g/mol. The summed E-state index contributed by atoms with van der Waals surface area (Å²) >= 11 is 0. The van der Waals surface area contributed by atoms with Crippen LogP contribution in [-0.4, -0.2) is 0 Å². The molecule has 0 saturated heterocycles. The maximum Gasteiger partial charge on any atom is 0.137 e. The molecule has 11 rings (SSSR count). The predicted octanol–water partition coefficient (Wildman–Crippen LogP) is 13.0. The Balaban J connectivity index is 1.10. The Kier molecular flexibility index (Phi) is 6.55. The Labute approximate surface area is 303 Å². The first-order valence-electron chi connectivity index (χ1n) is 18.6. The molecule has 4 aliphatic rings. The highest BCUT2D eigenvalue weighted by atomic mass is 16.3. The highest BCUT2D eigenvalue weighted by Gasteiger charge is 2.50. The monoisotopic (exact) mass is 671 g/mol. The molecule has 0 fully saturated rings. The summed E-state index contributed by atoms with van der Waals surface area (Å²) in [6, 6.07) is 40.3. The van der Waals surface area contributed by atoms with Crippen molar-refractivity contribution in [1.29, 1.82) is 0 Å². The van der Waals surface area contributed by atoms with E-state index in [-0.39, 0.29) is 0 Å². The zero-order chi connectivity index (χ0) is 34.2. The van der Waals surface area contributed by atoms with Crippen molar-refractivity contribution < 1.29 is 8.83 Å². The van der Waals surface area contributed by atoms with Crippen LogP contribution in [0.2, 0.25) is 0 Å². The third-order valence-corrected chi connectivity index (χ3v) is 11.8. The fraction of sp³-hybridized carbons (Fsp3) is 0.143. The van der Waals surface area contributed by atoms with Crippen LogP contribution in [0.5, 0.6) is 0 Å². The van der Waals surface area contributed by atoms with Gasteiger partial charge in [-0.15, -0.1) is 0 Å². The summed E-state index contributed by atoms with van der Waals surface area (Å²) in [6.07, 6.45) is 23.1. The van der Waals surface area contributed by atoms with Gasteiger partial charge < -0.3 is 13.7 Å². The van der Waals surface area contributed by atoms with E-state index in [9.17, 15) is 0 Å². The smallest absolute Gasteiger partial charge is 0.137 e. The maximum absolute atomic E-state index is 6.91. The molecule has 0 saturated carbocycles. The Morgan fingerprint density at radius 3 is 2.37 bits per heavy atom. The van der Waals surface area contributed by atoms with Crippen molar-refractivity contribution in [2.45, 2.75) is 43.4 Å². The van der Waals surface area contributed by atoms with E-state index in [1.165, 1.54) is 44.5 Å². The van der Waals surface area contributed by atoms with Crippen LogP contribution in [0, 0.1) is 0 Å². The minimum Gasteiger partial charge on any atom is -0.460 e. The van der Waals surface area contributed by atoms with Crippen LogP contribution < -0.4 is 4.90 Å². The van der Waals surface area contributed by atoms with Gasteiger partial charge in [-0.2, -0.15) is 0 Å². The van der Waals surface area contributed by atoms with E-state index in [0.717, 1.165) is 76.8 Å². The number of anilines is 2. The molecule has 0 aliphatic heterocycles. The van der Waals surface area contributed by atoms with E-state index in [1.807, 2.05) is 0 Å². The number of fused-ring (bicyclic) bond motifs is 9. The summed E-state index contributed by atoms with van der Waals surface area (Å²) in [4.78, 5) is 2.42. The second-order valence-electron chi connectivity index (χ2n) is 14.5. The second-order valence-corrected chi connectivity index (χ2v) is 14.5. The molecule has 2 aromatic heterocycles. The normalized spacial score (nSPS) is 20.2. The quantitative estimate of drug-likeness (QED) is 0.182. The summed E-state index contributed by atoms with van der Waals surface area (Å²) in [5.41, 5.74) is 13.8. The average Bonchev–Trinajstić information content (AvgIpc) is 3.87. The molecule has 0 bridgehead atoms. The number of aryl methyl sites for hydroxylation is 1. The Morgan fingerprint density at radius 1 is 0.635 bits per heavy atom. The molecule has 0 amide bonds. The molecule has 3 nitrogen and oxygen atoms in total. The molecule has 52 heavy (non-hydrogen) atoms. The van der Waals surface area contributed by atoms with Crippen molar-refractivity contribution in [1.82, 2.24) is 0 Å². The lowest BCUT2D eigenvalue weighted by atomic mass is 9.66. The van der Waals surface area contributed by atoms with Crippen LogP contribution in [0.25, 0.3) is 39.0 Å². The Bertz CT molecular complexity index is 2730. The zero-order valence-corrected chi connectivity index (χ0v) is 28.9. The number of allylic oxidation sites excluding steroid dienone is 9. The minimum atomic E-state index is -0.403. The van der Waals surface area contributed by atoms with Gasteiger partial charge in [0.15, 0.2) is 0 Å². The van der Waals surface area contributed by atoms with E-state index in [2.05, 4.69) is 163 Å². The van der Waals surface area contributed by atoms with Crippen molar-refractivity contribution >= 4 is 50.4 Å². The van der Waals surface area contributed by atoms with Gasteiger partial charge in [0.1, 0.15) is 22.5 Å². The van der Waals surface area contributed by atoms with E-state index in [4.69, 9.17) is 8.83 Å². The fourth-order valence-electron chi connectivity index (χ4n) is 9.65. The minimum absolute atomic E-state index is 0.353. The van der Waals surface area contributed by atoms with Gasteiger partial charge >= 0.3 is 0 Å². The van der Waals surface area contributed by atoms with Crippen LogP contribution in [0.15, 0.2) is 172 Å². The standard InChI is InChI=1S/C49H37NO2/c1-3-14-32(15-4-1)49(41-21-10-7-18-36(41)37-19-8-11-22-42(37)49)33-26-28-38-39-29-27-35(31-47(39)52-46(38)30-33)50(34-16-5-2-6-17-34)43-23-13-25-45-48(43)40-20-9-12-24-44(40)51-45/h1-5,7-11,13-16,18,20-23,25-31,37H,6,12,17,19,24H2. The van der Waals surface area contributed by atoms with Crippen molar-refractivity contribution in [3.05, 3.63) is 197 Å². The van der Waals surface area contributed by atoms with E-state index >= 15 is 0 Å². The first-order chi connectivity index (χ1) is 25.8. The third kappa shape index (κ3) is 4.20. The zero-order valence-electron chi connectivity index (χ0n) is 28.9. The second kappa shape index (κ2) is 11.5. The fourth-order valence-corrected chi connectivity index (χ4v) is 9.65. The number of hydrogen-bond acceptors (Lipinski definition) is 3. The molecule has 0 spiro atoms. The SMILES string of the molecule is C1=CCCC(N(c2ccc3c(c2)oc2cc(C4(c5ccccc5)C5=CC=CCC5c5ccccc54)ccc23)c2cccc3oc4c(c23)C=CCC4)=C1. The highest BCUT2D eigenvalue weighted by molar-refractivity contribution is 6.07. The largest absolute Gasteiger partial charge is 0.460 e. The molecule has 2 atom stereocenters. The van der Waals surface area contributed by atoms with Crippen molar-refractivity contribution in [2.24, 2.45) is 0 Å². The molecule has 0 radical (unpaired) electrons. The van der Waals surface area contributed by atoms with Gasteiger partial charge in [-0.05, 0) is 89.9 Å². The highest BCUT2D eigenvalue weighted by Crippen LogP contribution is 2.59. The van der Waals surface area contributed by atoms with Crippen LogP contribution >= 0.6 is 0 Å². The lowest BCUT2D eigenvalue weighted by molar-refractivity contribution is 0.546. The lowest BCUT2D eigenvalue weighted by Gasteiger charge is -2.35. The van der Waals surface area contributed by atoms with Crippen LogP contribution in [0.3, 0.4) is 0 Å².